The number of hydrogen-bond donors (Lipinski definition) is 0. The summed E-state index contributed by atoms with van der Waals surface area (Å²) in [6.45, 7) is 6.38. The fourth-order valence-corrected chi connectivity index (χ4v) is 6.81. The van der Waals surface area contributed by atoms with Gasteiger partial charge in [0.15, 0.2) is 11.5 Å². The summed E-state index contributed by atoms with van der Waals surface area (Å²) in [6.07, 6.45) is 1.39. The molecule has 2 fully saturated rings. The molecule has 0 N–H and O–H groups in total. The molecule has 2 aromatic rings. The van der Waals surface area contributed by atoms with E-state index < -0.39 is 10.0 Å². The van der Waals surface area contributed by atoms with Crippen LogP contribution in [0.25, 0.3) is 0 Å². The Labute approximate surface area is 212 Å². The topological polar surface area (TPSA) is 88.6 Å². The number of ether oxygens (including phenoxy) is 3. The van der Waals surface area contributed by atoms with Crippen molar-refractivity contribution in [3.05, 3.63) is 47.5 Å². The molecule has 0 bridgehead atoms. The molecule has 9 nitrogen and oxygen atoms in total. The Balaban J connectivity index is 1.17. The number of piperazine rings is 1. The third-order valence-electron chi connectivity index (χ3n) is 7.26. The molecule has 0 spiro atoms. The number of piperidine rings is 1. The third kappa shape index (κ3) is 5.02. The summed E-state index contributed by atoms with van der Waals surface area (Å²) < 4.78 is 44.2. The minimum Gasteiger partial charge on any atom is -0.496 e. The first-order valence-corrected chi connectivity index (χ1v) is 13.8. The first-order chi connectivity index (χ1) is 17.3. The van der Waals surface area contributed by atoms with Crippen molar-refractivity contribution >= 4 is 15.9 Å². The molecule has 2 aromatic carbocycles. The van der Waals surface area contributed by atoms with Crippen LogP contribution in [0.2, 0.25) is 0 Å². The zero-order valence-corrected chi connectivity index (χ0v) is 21.6. The summed E-state index contributed by atoms with van der Waals surface area (Å²) in [5.41, 5.74) is 1.92. The number of rotatable bonds is 6. The number of hydrogen-bond acceptors (Lipinski definition) is 7. The van der Waals surface area contributed by atoms with Gasteiger partial charge in [0.05, 0.1) is 17.9 Å². The maximum atomic E-state index is 13.3. The van der Waals surface area contributed by atoms with Gasteiger partial charge in [0.1, 0.15) is 5.75 Å². The highest BCUT2D eigenvalue weighted by atomic mass is 32.2. The van der Waals surface area contributed by atoms with Crippen LogP contribution in [-0.2, 0) is 21.4 Å². The number of amides is 1. The molecule has 3 heterocycles. The summed E-state index contributed by atoms with van der Waals surface area (Å²) in [6, 6.07) is 10.9. The number of sulfonamides is 1. The molecule has 0 aliphatic carbocycles. The molecule has 0 radical (unpaired) electrons. The molecule has 0 unspecified atom stereocenters. The van der Waals surface area contributed by atoms with Crippen LogP contribution in [0.3, 0.4) is 0 Å². The van der Waals surface area contributed by atoms with Gasteiger partial charge in [-0.15, -0.1) is 0 Å². The standard InChI is InChI=1S/C26H33N3O6S/c1-19-14-22(6-8-23(19)33-2)36(31,32)29-9-3-4-21(17-29)26(30)28-12-10-27(11-13-28)16-20-5-7-24-25(15-20)35-18-34-24/h5-8,14-15,21H,3-4,9-13,16-18H2,1-2H3/t21-/m1/s1. The number of nitrogens with zero attached hydrogens (tertiary/aromatic N) is 3. The molecule has 3 aliphatic heterocycles. The molecule has 0 saturated carbocycles. The van der Waals surface area contributed by atoms with E-state index in [9.17, 15) is 13.2 Å². The van der Waals surface area contributed by atoms with E-state index in [1.165, 1.54) is 4.31 Å². The van der Waals surface area contributed by atoms with Gasteiger partial charge in [-0.05, 0) is 61.2 Å². The second-order valence-corrected chi connectivity index (χ2v) is 11.6. The lowest BCUT2D eigenvalue weighted by Crippen LogP contribution is -2.52. The molecule has 10 heteroatoms. The van der Waals surface area contributed by atoms with Crippen molar-refractivity contribution in [1.82, 2.24) is 14.1 Å². The fourth-order valence-electron chi connectivity index (χ4n) is 5.20. The lowest BCUT2D eigenvalue weighted by Gasteiger charge is -2.38. The van der Waals surface area contributed by atoms with Gasteiger partial charge in [0.2, 0.25) is 22.7 Å². The highest BCUT2D eigenvalue weighted by Crippen LogP contribution is 2.33. The van der Waals surface area contributed by atoms with Crippen molar-refractivity contribution in [2.24, 2.45) is 5.92 Å². The maximum absolute atomic E-state index is 13.3. The zero-order chi connectivity index (χ0) is 25.3. The monoisotopic (exact) mass is 515 g/mol. The van der Waals surface area contributed by atoms with Gasteiger partial charge in [-0.2, -0.15) is 4.31 Å². The quantitative estimate of drug-likeness (QED) is 0.584. The summed E-state index contributed by atoms with van der Waals surface area (Å²) in [5, 5.41) is 0. The summed E-state index contributed by atoms with van der Waals surface area (Å²) in [7, 11) is -2.11. The molecule has 1 amide bonds. The normalized spacial score (nSPS) is 20.9. The predicted octanol–water partition coefficient (Wildman–Crippen LogP) is 2.48. The molecule has 1 atom stereocenters. The second-order valence-electron chi connectivity index (χ2n) is 9.62. The summed E-state index contributed by atoms with van der Waals surface area (Å²) in [4.78, 5) is 17.8. The van der Waals surface area contributed by atoms with E-state index in [0.29, 0.717) is 38.2 Å². The van der Waals surface area contributed by atoms with Crippen molar-refractivity contribution < 1.29 is 27.4 Å². The van der Waals surface area contributed by atoms with Crippen LogP contribution in [0.5, 0.6) is 17.2 Å². The Bertz CT molecular complexity index is 1230. The Morgan fingerprint density at radius 1 is 1.03 bits per heavy atom. The zero-order valence-electron chi connectivity index (χ0n) is 20.8. The van der Waals surface area contributed by atoms with Gasteiger partial charge in [-0.3, -0.25) is 9.69 Å². The van der Waals surface area contributed by atoms with E-state index in [1.54, 1.807) is 25.3 Å². The second kappa shape index (κ2) is 10.3. The van der Waals surface area contributed by atoms with Gasteiger partial charge in [-0.25, -0.2) is 8.42 Å². The molecule has 5 rings (SSSR count). The van der Waals surface area contributed by atoms with Crippen LogP contribution < -0.4 is 14.2 Å². The van der Waals surface area contributed by atoms with Crippen molar-refractivity contribution in [1.29, 1.82) is 0 Å². The van der Waals surface area contributed by atoms with E-state index in [4.69, 9.17) is 14.2 Å². The van der Waals surface area contributed by atoms with Gasteiger partial charge in [0.25, 0.3) is 0 Å². The van der Waals surface area contributed by atoms with E-state index in [2.05, 4.69) is 4.90 Å². The van der Waals surface area contributed by atoms with Crippen LogP contribution >= 0.6 is 0 Å². The fraction of sp³-hybridized carbons (Fsp3) is 0.500. The Morgan fingerprint density at radius 2 is 1.81 bits per heavy atom. The number of carbonyl (C=O) groups is 1. The molecule has 194 valence electrons. The Hall–Kier alpha value is -2.82. The van der Waals surface area contributed by atoms with E-state index in [1.807, 2.05) is 30.0 Å². The lowest BCUT2D eigenvalue weighted by molar-refractivity contribution is -0.138. The molecule has 36 heavy (non-hydrogen) atoms. The van der Waals surface area contributed by atoms with Crippen LogP contribution in [0.4, 0.5) is 0 Å². The average molecular weight is 516 g/mol. The van der Waals surface area contributed by atoms with E-state index >= 15 is 0 Å². The van der Waals surface area contributed by atoms with Crippen molar-refractivity contribution in [2.75, 3.05) is 53.2 Å². The Kier molecular flexibility index (Phi) is 7.09. The minimum atomic E-state index is -3.67. The molecule has 3 aliphatic rings. The number of fused-ring (bicyclic) bond motifs is 1. The molecular formula is C26H33N3O6S. The molecule has 2 saturated heterocycles. The molecular weight excluding hydrogens is 482 g/mol. The third-order valence-corrected chi connectivity index (χ3v) is 9.13. The Morgan fingerprint density at radius 3 is 2.56 bits per heavy atom. The average Bonchev–Trinajstić information content (AvgIpc) is 3.37. The predicted molar refractivity (Wildman–Crippen MR) is 134 cm³/mol. The van der Waals surface area contributed by atoms with Crippen molar-refractivity contribution in [3.63, 3.8) is 0 Å². The first kappa shape index (κ1) is 24.9. The minimum absolute atomic E-state index is 0.0588. The van der Waals surface area contributed by atoms with Crippen LogP contribution in [0.1, 0.15) is 24.0 Å². The van der Waals surface area contributed by atoms with Gasteiger partial charge < -0.3 is 19.1 Å². The van der Waals surface area contributed by atoms with Crippen LogP contribution in [0, 0.1) is 12.8 Å². The summed E-state index contributed by atoms with van der Waals surface area (Å²) >= 11 is 0. The number of aryl methyl sites for hydroxylation is 1. The molecule has 0 aromatic heterocycles. The summed E-state index contributed by atoms with van der Waals surface area (Å²) in [5.74, 6) is 1.96. The maximum Gasteiger partial charge on any atom is 0.243 e. The first-order valence-electron chi connectivity index (χ1n) is 12.4. The van der Waals surface area contributed by atoms with Crippen LogP contribution in [-0.4, -0.2) is 81.6 Å². The number of carbonyl (C=O) groups excluding carboxylic acids is 1. The van der Waals surface area contributed by atoms with Gasteiger partial charge in [0, 0.05) is 45.8 Å². The van der Waals surface area contributed by atoms with Crippen LogP contribution in [0.15, 0.2) is 41.3 Å². The number of methoxy groups -OCH3 is 1. The van der Waals surface area contributed by atoms with Crippen molar-refractivity contribution in [2.45, 2.75) is 31.2 Å². The highest BCUT2D eigenvalue weighted by molar-refractivity contribution is 7.89. The van der Waals surface area contributed by atoms with Gasteiger partial charge in [-0.1, -0.05) is 6.07 Å². The van der Waals surface area contributed by atoms with E-state index in [0.717, 1.165) is 42.3 Å². The van der Waals surface area contributed by atoms with Gasteiger partial charge >= 0.3 is 0 Å². The largest absolute Gasteiger partial charge is 0.496 e. The number of benzene rings is 2. The van der Waals surface area contributed by atoms with E-state index in [-0.39, 0.29) is 30.1 Å². The van der Waals surface area contributed by atoms with Crippen molar-refractivity contribution in [3.8, 4) is 17.2 Å². The SMILES string of the molecule is COc1ccc(S(=O)(=O)N2CCC[C@@H](C(=O)N3CCN(Cc4ccc5c(c4)OCO5)CC3)C2)cc1C. The smallest absolute Gasteiger partial charge is 0.243 e. The highest BCUT2D eigenvalue weighted by Gasteiger charge is 2.36. The lowest BCUT2D eigenvalue weighted by atomic mass is 9.97.